The van der Waals surface area contributed by atoms with Crippen LogP contribution in [0.5, 0.6) is 0 Å². The Hall–Kier alpha value is -0.750. The number of aliphatic hydroxyl groups is 4. The molecule has 0 spiro atoms. The van der Waals surface area contributed by atoms with Crippen molar-refractivity contribution in [3.63, 3.8) is 0 Å². The first-order valence-electron chi connectivity index (χ1n) is 14.0. The van der Waals surface area contributed by atoms with Crippen LogP contribution in [-0.2, 0) is 4.79 Å². The molecular formula is C30H48O5. The van der Waals surface area contributed by atoms with E-state index in [0.29, 0.717) is 19.3 Å². The van der Waals surface area contributed by atoms with Crippen molar-refractivity contribution < 1.29 is 25.2 Å². The average molecular weight is 489 g/mol. The van der Waals surface area contributed by atoms with Crippen molar-refractivity contribution in [1.29, 1.82) is 0 Å². The highest BCUT2D eigenvalue weighted by Gasteiger charge is 2.73. The Morgan fingerprint density at radius 3 is 2.23 bits per heavy atom. The van der Waals surface area contributed by atoms with Crippen LogP contribution < -0.4 is 0 Å². The highest BCUT2D eigenvalue weighted by Crippen LogP contribution is 2.75. The van der Waals surface area contributed by atoms with Crippen molar-refractivity contribution in [2.75, 3.05) is 6.61 Å². The maximum absolute atomic E-state index is 13.4. The van der Waals surface area contributed by atoms with Crippen molar-refractivity contribution >= 4 is 6.29 Å². The van der Waals surface area contributed by atoms with Crippen LogP contribution in [0.4, 0.5) is 0 Å². The Balaban J connectivity index is 1.68. The molecule has 0 heterocycles. The molecule has 5 nitrogen and oxygen atoms in total. The fourth-order valence-electron chi connectivity index (χ4n) is 10.5. The molecule has 0 aromatic carbocycles. The zero-order valence-corrected chi connectivity index (χ0v) is 22.7. The van der Waals surface area contributed by atoms with Gasteiger partial charge in [-0.3, -0.25) is 0 Å². The van der Waals surface area contributed by atoms with Crippen LogP contribution in [0, 0.1) is 50.2 Å². The van der Waals surface area contributed by atoms with Crippen molar-refractivity contribution in [1.82, 2.24) is 0 Å². The number of carbonyl (C=O) groups excluding carboxylic acids is 1. The summed E-state index contributed by atoms with van der Waals surface area (Å²) in [6, 6.07) is 0. The van der Waals surface area contributed by atoms with Crippen molar-refractivity contribution in [3.8, 4) is 0 Å². The van der Waals surface area contributed by atoms with Crippen molar-refractivity contribution in [3.05, 3.63) is 11.6 Å². The number of carbonyl (C=O) groups is 1. The van der Waals surface area contributed by atoms with E-state index >= 15 is 0 Å². The highest BCUT2D eigenvalue weighted by atomic mass is 16.3. The maximum Gasteiger partial charge on any atom is 0.130 e. The molecule has 4 fully saturated rings. The molecule has 0 radical (unpaired) electrons. The zero-order chi connectivity index (χ0) is 25.8. The number of hydrogen-bond acceptors (Lipinski definition) is 5. The van der Waals surface area contributed by atoms with Gasteiger partial charge in [-0.05, 0) is 84.9 Å². The number of aldehydes is 1. The molecule has 1 unspecified atom stereocenters. The quantitative estimate of drug-likeness (QED) is 0.344. The molecule has 5 aliphatic carbocycles. The number of fused-ring (bicyclic) bond motifs is 7. The third kappa shape index (κ3) is 3.05. The Bertz CT molecular complexity index is 928. The Morgan fingerprint density at radius 1 is 0.943 bits per heavy atom. The summed E-state index contributed by atoms with van der Waals surface area (Å²) in [5.41, 5.74) is -1.38. The first-order chi connectivity index (χ1) is 16.2. The zero-order valence-electron chi connectivity index (χ0n) is 22.7. The van der Waals surface area contributed by atoms with Gasteiger partial charge in [0.15, 0.2) is 0 Å². The van der Waals surface area contributed by atoms with Gasteiger partial charge in [-0.15, -0.1) is 0 Å². The minimum Gasteiger partial charge on any atom is -0.396 e. The lowest BCUT2D eigenvalue weighted by Crippen LogP contribution is -2.72. The molecule has 5 rings (SSSR count). The first-order valence-corrected chi connectivity index (χ1v) is 14.0. The average Bonchev–Trinajstić information content (AvgIpc) is 2.80. The third-order valence-electron chi connectivity index (χ3n) is 13.1. The number of aliphatic hydroxyl groups excluding tert-OH is 4. The lowest BCUT2D eigenvalue weighted by molar-refractivity contribution is -0.258. The molecule has 11 atom stereocenters. The molecular weight excluding hydrogens is 440 g/mol. The summed E-state index contributed by atoms with van der Waals surface area (Å²) in [6.07, 6.45) is 7.65. The lowest BCUT2D eigenvalue weighted by Gasteiger charge is -2.72. The molecule has 0 aromatic rings. The molecule has 0 amide bonds. The van der Waals surface area contributed by atoms with Crippen LogP contribution in [0.3, 0.4) is 0 Å². The topological polar surface area (TPSA) is 98.0 Å². The second-order valence-electron chi connectivity index (χ2n) is 15.0. The van der Waals surface area contributed by atoms with E-state index < -0.39 is 29.1 Å². The Labute approximate surface area is 211 Å². The normalized spacial score (nSPS) is 57.1. The SMILES string of the molecule is CC1(C)[C@@H](O)CC[C@]2(C)C3[C@H](O)C=C4[C@@H]5C[C@@](C)(CO)CC[C@]5(C)CC[C@@]4(C=O)[C@]3(C)[C@@H](O)C[C@@H]12. The van der Waals surface area contributed by atoms with Gasteiger partial charge >= 0.3 is 0 Å². The second-order valence-corrected chi connectivity index (χ2v) is 15.0. The standard InChI is InChI=1S/C30H48O5/c1-25(2)21-14-23(35)29(6)24(28(21,5)8-7-22(25)34)20(33)13-18-19-15-26(3,16-31)9-10-27(19,4)11-12-30(18,29)17-32/h13,17,19-24,31,33-35H,7-12,14-16H2,1-6H3/t19-,20+,21-,22-,23-,24?,26-,27+,28-,29+,30-/m0/s1. The van der Waals surface area contributed by atoms with Gasteiger partial charge in [-0.2, -0.15) is 0 Å². The highest BCUT2D eigenvalue weighted by molar-refractivity contribution is 5.70. The first kappa shape index (κ1) is 25.9. The van der Waals surface area contributed by atoms with E-state index in [9.17, 15) is 25.2 Å². The fraction of sp³-hybridized carbons (Fsp3) is 0.900. The van der Waals surface area contributed by atoms with E-state index in [1.54, 1.807) is 0 Å². The van der Waals surface area contributed by atoms with E-state index in [1.165, 1.54) is 0 Å². The molecule has 4 N–H and O–H groups in total. The van der Waals surface area contributed by atoms with E-state index in [4.69, 9.17) is 0 Å². The largest absolute Gasteiger partial charge is 0.396 e. The predicted octanol–water partition coefficient (Wildman–Crippen LogP) is 4.26. The third-order valence-corrected chi connectivity index (χ3v) is 13.1. The summed E-state index contributed by atoms with van der Waals surface area (Å²) in [5.74, 6) is -0.0925. The molecule has 5 heteroatoms. The molecule has 0 bridgehead atoms. The molecule has 0 aromatic heterocycles. The smallest absolute Gasteiger partial charge is 0.130 e. The fourth-order valence-corrected chi connectivity index (χ4v) is 10.5. The van der Waals surface area contributed by atoms with Crippen LogP contribution in [0.1, 0.15) is 92.9 Å². The summed E-state index contributed by atoms with van der Waals surface area (Å²) < 4.78 is 0. The van der Waals surface area contributed by atoms with Gasteiger partial charge in [-0.25, -0.2) is 0 Å². The van der Waals surface area contributed by atoms with Crippen LogP contribution in [0.2, 0.25) is 0 Å². The lowest BCUT2D eigenvalue weighted by atomic mass is 9.32. The van der Waals surface area contributed by atoms with E-state index in [1.807, 2.05) is 6.08 Å². The molecule has 5 aliphatic rings. The van der Waals surface area contributed by atoms with E-state index in [2.05, 4.69) is 41.5 Å². The van der Waals surface area contributed by atoms with Gasteiger partial charge in [-0.1, -0.05) is 53.2 Å². The summed E-state index contributed by atoms with van der Waals surface area (Å²) in [5, 5.41) is 45.0. The minimum absolute atomic E-state index is 0.0406. The summed E-state index contributed by atoms with van der Waals surface area (Å²) in [6.45, 7) is 13.1. The van der Waals surface area contributed by atoms with Gasteiger partial charge in [0, 0.05) is 17.9 Å². The van der Waals surface area contributed by atoms with Gasteiger partial charge < -0.3 is 25.2 Å². The monoisotopic (exact) mass is 488 g/mol. The molecule has 198 valence electrons. The van der Waals surface area contributed by atoms with Gasteiger partial charge in [0.25, 0.3) is 0 Å². The molecule has 0 saturated heterocycles. The number of hydrogen-bond donors (Lipinski definition) is 4. The summed E-state index contributed by atoms with van der Waals surface area (Å²) in [4.78, 5) is 13.4. The Morgan fingerprint density at radius 2 is 1.60 bits per heavy atom. The number of rotatable bonds is 2. The summed E-state index contributed by atoms with van der Waals surface area (Å²) in [7, 11) is 0. The summed E-state index contributed by atoms with van der Waals surface area (Å²) >= 11 is 0. The van der Waals surface area contributed by atoms with Crippen LogP contribution in [0.15, 0.2) is 11.6 Å². The molecule has 0 aliphatic heterocycles. The van der Waals surface area contributed by atoms with Gasteiger partial charge in [0.2, 0.25) is 0 Å². The van der Waals surface area contributed by atoms with E-state index in [0.717, 1.165) is 44.0 Å². The number of allylic oxidation sites excluding steroid dienone is 1. The molecule has 4 saturated carbocycles. The van der Waals surface area contributed by atoms with Crippen LogP contribution in [0.25, 0.3) is 0 Å². The molecule has 35 heavy (non-hydrogen) atoms. The second kappa shape index (κ2) is 7.65. The predicted molar refractivity (Wildman–Crippen MR) is 135 cm³/mol. The van der Waals surface area contributed by atoms with E-state index in [-0.39, 0.29) is 46.0 Å². The van der Waals surface area contributed by atoms with Crippen LogP contribution >= 0.6 is 0 Å². The van der Waals surface area contributed by atoms with Crippen molar-refractivity contribution in [2.24, 2.45) is 50.2 Å². The Kier molecular flexibility index (Phi) is 5.65. The van der Waals surface area contributed by atoms with Crippen LogP contribution in [-0.4, -0.2) is 51.6 Å². The van der Waals surface area contributed by atoms with Crippen molar-refractivity contribution in [2.45, 2.75) is 111 Å². The van der Waals surface area contributed by atoms with Gasteiger partial charge in [0.05, 0.1) is 23.7 Å². The minimum atomic E-state index is -0.817. The van der Waals surface area contributed by atoms with Gasteiger partial charge in [0.1, 0.15) is 6.29 Å². The maximum atomic E-state index is 13.4.